The van der Waals surface area contributed by atoms with Crippen molar-refractivity contribution in [2.75, 3.05) is 44.3 Å². The fourth-order valence-corrected chi connectivity index (χ4v) is 4.11. The van der Waals surface area contributed by atoms with E-state index in [1.165, 1.54) is 10.5 Å². The van der Waals surface area contributed by atoms with Gasteiger partial charge in [0.25, 0.3) is 0 Å². The highest BCUT2D eigenvalue weighted by Crippen LogP contribution is 2.27. The largest absolute Gasteiger partial charge is 0.368 e. The van der Waals surface area contributed by atoms with E-state index in [0.717, 1.165) is 13.1 Å². The fraction of sp³-hybridized carbons (Fsp3) is 0.333. The van der Waals surface area contributed by atoms with Gasteiger partial charge in [0.15, 0.2) is 0 Å². The zero-order valence-electron chi connectivity index (χ0n) is 13.4. The number of nitrogens with two attached hydrogens (primary N) is 1. The molecule has 1 fully saturated rings. The number of rotatable bonds is 4. The monoisotopic (exact) mass is 348 g/mol. The molecule has 0 atom stereocenters. The van der Waals surface area contributed by atoms with Crippen LogP contribution >= 0.6 is 0 Å². The van der Waals surface area contributed by atoms with Gasteiger partial charge in [-0.2, -0.15) is 9.29 Å². The lowest BCUT2D eigenvalue weighted by molar-refractivity contribution is 0.222. The normalized spacial score (nSPS) is 16.9. The SMILES string of the molecule is CN1CCN(S(=O)(=O)c2ccccc2Nc2ccnc(N)n2)CC1. The van der Waals surface area contributed by atoms with Gasteiger partial charge in [-0.15, -0.1) is 0 Å². The number of likely N-dealkylation sites (N-methyl/N-ethyl adjacent to an activating group) is 1. The van der Waals surface area contributed by atoms with E-state index >= 15 is 0 Å². The highest BCUT2D eigenvalue weighted by atomic mass is 32.2. The molecule has 0 bridgehead atoms. The van der Waals surface area contributed by atoms with E-state index in [1.807, 2.05) is 7.05 Å². The second kappa shape index (κ2) is 6.71. The average molecular weight is 348 g/mol. The van der Waals surface area contributed by atoms with Crippen molar-refractivity contribution in [3.05, 3.63) is 36.5 Å². The molecule has 3 rings (SSSR count). The molecule has 1 saturated heterocycles. The zero-order valence-corrected chi connectivity index (χ0v) is 14.2. The van der Waals surface area contributed by atoms with Crippen molar-refractivity contribution in [3.8, 4) is 0 Å². The van der Waals surface area contributed by atoms with Gasteiger partial charge in [0, 0.05) is 32.4 Å². The van der Waals surface area contributed by atoms with Crippen LogP contribution in [0.4, 0.5) is 17.5 Å². The minimum absolute atomic E-state index is 0.124. The molecule has 1 aromatic heterocycles. The minimum atomic E-state index is -3.58. The molecule has 24 heavy (non-hydrogen) atoms. The number of hydrogen-bond acceptors (Lipinski definition) is 7. The van der Waals surface area contributed by atoms with Crippen molar-refractivity contribution in [3.63, 3.8) is 0 Å². The van der Waals surface area contributed by atoms with Crippen LogP contribution < -0.4 is 11.1 Å². The van der Waals surface area contributed by atoms with Crippen LogP contribution in [0.5, 0.6) is 0 Å². The number of sulfonamides is 1. The second-order valence-corrected chi connectivity index (χ2v) is 7.53. The molecule has 0 spiro atoms. The summed E-state index contributed by atoms with van der Waals surface area (Å²) in [5.41, 5.74) is 6.04. The fourth-order valence-electron chi connectivity index (χ4n) is 2.54. The van der Waals surface area contributed by atoms with Crippen LogP contribution in [0.2, 0.25) is 0 Å². The van der Waals surface area contributed by atoms with Crippen LogP contribution in [0.3, 0.4) is 0 Å². The first-order valence-corrected chi connectivity index (χ1v) is 9.04. The average Bonchev–Trinajstić information content (AvgIpc) is 2.56. The summed E-state index contributed by atoms with van der Waals surface area (Å²) in [6, 6.07) is 8.43. The van der Waals surface area contributed by atoms with Gasteiger partial charge in [-0.3, -0.25) is 0 Å². The molecule has 2 aromatic rings. The molecule has 0 saturated carbocycles. The number of aromatic nitrogens is 2. The number of anilines is 3. The van der Waals surface area contributed by atoms with Crippen molar-refractivity contribution in [2.45, 2.75) is 4.90 Å². The standard InChI is InChI=1S/C15H20N6O2S/c1-20-8-10-21(11-9-20)24(22,23)13-5-3-2-4-12(13)18-14-6-7-17-15(16)19-14/h2-7H,8-11H2,1H3,(H3,16,17,18,19). The summed E-state index contributed by atoms with van der Waals surface area (Å²) in [5.74, 6) is 0.572. The number of piperazine rings is 1. The molecule has 8 nitrogen and oxygen atoms in total. The molecule has 0 radical (unpaired) electrons. The van der Waals surface area contributed by atoms with Crippen molar-refractivity contribution in [1.82, 2.24) is 19.2 Å². The number of hydrogen-bond donors (Lipinski definition) is 2. The van der Waals surface area contributed by atoms with Crippen molar-refractivity contribution < 1.29 is 8.42 Å². The van der Waals surface area contributed by atoms with Crippen LogP contribution in [-0.2, 0) is 10.0 Å². The van der Waals surface area contributed by atoms with E-state index < -0.39 is 10.0 Å². The Labute approximate surface area is 141 Å². The third-order valence-corrected chi connectivity index (χ3v) is 5.86. The summed E-state index contributed by atoms with van der Waals surface area (Å²) in [7, 11) is -1.59. The molecule has 3 N–H and O–H groups in total. The Hall–Kier alpha value is -2.23. The van der Waals surface area contributed by atoms with E-state index in [0.29, 0.717) is 24.6 Å². The summed E-state index contributed by atoms with van der Waals surface area (Å²) in [4.78, 5) is 10.2. The zero-order chi connectivity index (χ0) is 17.2. The van der Waals surface area contributed by atoms with Crippen LogP contribution in [0.15, 0.2) is 41.4 Å². The second-order valence-electron chi connectivity index (χ2n) is 5.63. The molecule has 1 aromatic carbocycles. The summed E-state index contributed by atoms with van der Waals surface area (Å²) < 4.78 is 27.5. The highest BCUT2D eigenvalue weighted by Gasteiger charge is 2.29. The molecule has 1 aliphatic rings. The molecule has 0 aliphatic carbocycles. The first kappa shape index (κ1) is 16.6. The van der Waals surface area contributed by atoms with Gasteiger partial charge in [-0.25, -0.2) is 13.4 Å². The van der Waals surface area contributed by atoms with Gasteiger partial charge in [0.05, 0.1) is 5.69 Å². The third kappa shape index (κ3) is 3.48. The quantitative estimate of drug-likeness (QED) is 0.839. The predicted molar refractivity (Wildman–Crippen MR) is 92.4 cm³/mol. The van der Waals surface area contributed by atoms with Gasteiger partial charge >= 0.3 is 0 Å². The molecule has 1 aliphatic heterocycles. The van der Waals surface area contributed by atoms with Gasteiger partial charge in [-0.05, 0) is 25.2 Å². The molecule has 128 valence electrons. The summed E-state index contributed by atoms with van der Waals surface area (Å²) in [6.45, 7) is 2.40. The van der Waals surface area contributed by atoms with E-state index in [4.69, 9.17) is 5.73 Å². The Balaban J connectivity index is 1.91. The van der Waals surface area contributed by atoms with Crippen molar-refractivity contribution >= 4 is 27.5 Å². The van der Waals surface area contributed by atoms with E-state index in [2.05, 4.69) is 20.2 Å². The van der Waals surface area contributed by atoms with Crippen molar-refractivity contribution in [2.24, 2.45) is 0 Å². The topological polar surface area (TPSA) is 104 Å². The van der Waals surface area contributed by atoms with E-state index in [9.17, 15) is 8.42 Å². The predicted octanol–water partition coefficient (Wildman–Crippen LogP) is 0.738. The number of nitrogens with zero attached hydrogens (tertiary/aromatic N) is 4. The Kier molecular flexibility index (Phi) is 4.65. The lowest BCUT2D eigenvalue weighted by Crippen LogP contribution is -2.47. The number of para-hydroxylation sites is 1. The lowest BCUT2D eigenvalue weighted by atomic mass is 10.3. The molecule has 0 unspecified atom stereocenters. The van der Waals surface area contributed by atoms with Crippen molar-refractivity contribution in [1.29, 1.82) is 0 Å². The van der Waals surface area contributed by atoms with Gasteiger partial charge in [0.1, 0.15) is 10.7 Å². The Morgan fingerprint density at radius 3 is 2.54 bits per heavy atom. The summed E-state index contributed by atoms with van der Waals surface area (Å²) in [5, 5.41) is 3.02. The number of nitrogen functional groups attached to an aromatic ring is 1. The summed E-state index contributed by atoms with van der Waals surface area (Å²) in [6.07, 6.45) is 1.52. The summed E-state index contributed by atoms with van der Waals surface area (Å²) >= 11 is 0. The Bertz CT molecular complexity index is 818. The Morgan fingerprint density at radius 1 is 1.12 bits per heavy atom. The number of nitrogens with one attached hydrogen (secondary N) is 1. The first-order valence-electron chi connectivity index (χ1n) is 7.60. The molecule has 2 heterocycles. The maximum atomic E-state index is 13.0. The van der Waals surface area contributed by atoms with Crippen LogP contribution in [0.25, 0.3) is 0 Å². The van der Waals surface area contributed by atoms with E-state index in [1.54, 1.807) is 30.3 Å². The maximum Gasteiger partial charge on any atom is 0.245 e. The lowest BCUT2D eigenvalue weighted by Gasteiger charge is -2.32. The highest BCUT2D eigenvalue weighted by molar-refractivity contribution is 7.89. The minimum Gasteiger partial charge on any atom is -0.368 e. The Morgan fingerprint density at radius 2 is 1.83 bits per heavy atom. The van der Waals surface area contributed by atoms with Crippen LogP contribution in [-0.4, -0.2) is 60.8 Å². The molecule has 0 amide bonds. The van der Waals surface area contributed by atoms with Gasteiger partial charge in [-0.1, -0.05) is 12.1 Å². The number of benzene rings is 1. The molecule has 9 heteroatoms. The third-order valence-electron chi connectivity index (χ3n) is 3.90. The molecular weight excluding hydrogens is 328 g/mol. The van der Waals surface area contributed by atoms with Gasteiger partial charge < -0.3 is 16.0 Å². The van der Waals surface area contributed by atoms with Gasteiger partial charge in [0.2, 0.25) is 16.0 Å². The van der Waals surface area contributed by atoms with Crippen LogP contribution in [0, 0.1) is 0 Å². The smallest absolute Gasteiger partial charge is 0.245 e. The molecular formula is C15H20N6O2S. The maximum absolute atomic E-state index is 13.0. The van der Waals surface area contributed by atoms with Crippen LogP contribution in [0.1, 0.15) is 0 Å². The first-order chi connectivity index (χ1) is 11.5. The van der Waals surface area contributed by atoms with E-state index in [-0.39, 0.29) is 10.8 Å².